The van der Waals surface area contributed by atoms with E-state index >= 15 is 0 Å². The number of amides is 2. The zero-order valence-electron chi connectivity index (χ0n) is 22.1. The maximum absolute atomic E-state index is 13.4. The average molecular weight is 515 g/mol. The van der Waals surface area contributed by atoms with Gasteiger partial charge < -0.3 is 25.4 Å². The maximum atomic E-state index is 13.4. The molecule has 0 aromatic heterocycles. The molecular weight excluding hydrogens is 472 g/mol. The Hall–Kier alpha value is -2.65. The molecule has 3 heterocycles. The summed E-state index contributed by atoms with van der Waals surface area (Å²) in [4.78, 5) is 44.3. The second kappa shape index (κ2) is 12.7. The number of carbonyl (C=O) groups is 3. The molecule has 3 aliphatic rings. The van der Waals surface area contributed by atoms with Crippen LogP contribution in [0.25, 0.3) is 0 Å². The zero-order valence-corrected chi connectivity index (χ0v) is 22.1. The van der Waals surface area contributed by atoms with Crippen LogP contribution in [0.5, 0.6) is 5.75 Å². The van der Waals surface area contributed by atoms with E-state index in [1.807, 2.05) is 21.9 Å². The summed E-state index contributed by atoms with van der Waals surface area (Å²) in [5.74, 6) is -0.748. The van der Waals surface area contributed by atoms with Crippen molar-refractivity contribution in [3.05, 3.63) is 29.3 Å². The van der Waals surface area contributed by atoms with Crippen molar-refractivity contribution in [3.8, 4) is 5.75 Å². The molecule has 0 bridgehead atoms. The van der Waals surface area contributed by atoms with E-state index in [4.69, 9.17) is 10.5 Å². The van der Waals surface area contributed by atoms with Gasteiger partial charge in [0.2, 0.25) is 11.8 Å². The van der Waals surface area contributed by atoms with Gasteiger partial charge in [-0.15, -0.1) is 0 Å². The maximum Gasteiger partial charge on any atom is 0.308 e. The molecule has 204 valence electrons. The topological polar surface area (TPSA) is 116 Å². The van der Waals surface area contributed by atoms with Crippen LogP contribution < -0.4 is 10.5 Å². The van der Waals surface area contributed by atoms with Crippen LogP contribution in [0.15, 0.2) is 18.2 Å². The lowest BCUT2D eigenvalue weighted by Gasteiger charge is -2.32. The Morgan fingerprint density at radius 3 is 2.78 bits per heavy atom. The number of ether oxygens (including phenoxy) is 1. The molecule has 0 aliphatic carbocycles. The molecule has 1 unspecified atom stereocenters. The molecule has 3 N–H and O–H groups in total. The van der Waals surface area contributed by atoms with E-state index in [1.165, 1.54) is 0 Å². The SMILES string of the molecule is CCCCN(CCN)C(=O)CN1C[C@H](c2ccc3c(c2)CCO3)C(C(=O)O)[C@@H]1CCN1CCCCC1=O. The second-order valence-electron chi connectivity index (χ2n) is 10.6. The third-order valence-corrected chi connectivity index (χ3v) is 8.16. The summed E-state index contributed by atoms with van der Waals surface area (Å²) in [6.45, 7) is 6.18. The van der Waals surface area contributed by atoms with E-state index in [0.717, 1.165) is 55.5 Å². The first kappa shape index (κ1) is 27.4. The van der Waals surface area contributed by atoms with Crippen molar-refractivity contribution in [3.63, 3.8) is 0 Å². The van der Waals surface area contributed by atoms with Gasteiger partial charge in [-0.3, -0.25) is 19.3 Å². The number of carboxylic acids is 1. The predicted molar refractivity (Wildman–Crippen MR) is 140 cm³/mol. The predicted octanol–water partition coefficient (Wildman–Crippen LogP) is 2.08. The normalized spacial score (nSPS) is 23.7. The fourth-order valence-electron chi connectivity index (χ4n) is 6.15. The number of benzene rings is 1. The molecule has 9 nitrogen and oxygen atoms in total. The van der Waals surface area contributed by atoms with Gasteiger partial charge in [0.25, 0.3) is 0 Å². The molecule has 3 aliphatic heterocycles. The molecule has 0 spiro atoms. The Kier molecular flexibility index (Phi) is 9.43. The highest BCUT2D eigenvalue weighted by molar-refractivity contribution is 5.79. The molecule has 9 heteroatoms. The number of carbonyl (C=O) groups excluding carboxylic acids is 2. The van der Waals surface area contributed by atoms with Gasteiger partial charge in [-0.25, -0.2) is 0 Å². The largest absolute Gasteiger partial charge is 0.493 e. The van der Waals surface area contributed by atoms with E-state index < -0.39 is 11.9 Å². The minimum atomic E-state index is -0.850. The summed E-state index contributed by atoms with van der Waals surface area (Å²) >= 11 is 0. The van der Waals surface area contributed by atoms with E-state index in [1.54, 1.807) is 0 Å². The minimum absolute atomic E-state index is 0.00917. The molecule has 37 heavy (non-hydrogen) atoms. The van der Waals surface area contributed by atoms with Gasteiger partial charge in [0.1, 0.15) is 5.75 Å². The number of rotatable bonds is 12. The molecule has 1 aromatic carbocycles. The van der Waals surface area contributed by atoms with Crippen LogP contribution in [0.4, 0.5) is 0 Å². The van der Waals surface area contributed by atoms with E-state index in [2.05, 4.69) is 17.9 Å². The van der Waals surface area contributed by atoms with Gasteiger partial charge in [0.05, 0.1) is 19.1 Å². The van der Waals surface area contributed by atoms with Gasteiger partial charge in [-0.05, 0) is 42.9 Å². The van der Waals surface area contributed by atoms with Crippen LogP contribution in [-0.4, -0.2) is 96.1 Å². The van der Waals surface area contributed by atoms with Crippen LogP contribution in [0.2, 0.25) is 0 Å². The number of piperidine rings is 1. The number of hydrogen-bond donors (Lipinski definition) is 2. The van der Waals surface area contributed by atoms with Crippen LogP contribution in [-0.2, 0) is 20.8 Å². The second-order valence-corrected chi connectivity index (χ2v) is 10.6. The number of aliphatic carboxylic acids is 1. The van der Waals surface area contributed by atoms with Crippen molar-refractivity contribution in [2.75, 3.05) is 52.4 Å². The standard InChI is InChI=1S/C28H42N4O5/c1-2-3-12-31(15-11-29)26(34)19-32-18-22(20-7-8-24-21(17-20)10-16-37-24)27(28(35)36)23(32)9-14-30-13-5-4-6-25(30)33/h7-8,17,22-23,27H,2-6,9-16,18-19,29H2,1H3,(H,35,36)/t22-,23+,27?/m1/s1. The lowest BCUT2D eigenvalue weighted by molar-refractivity contribution is -0.144. The van der Waals surface area contributed by atoms with Gasteiger partial charge >= 0.3 is 5.97 Å². The molecule has 2 saturated heterocycles. The van der Waals surface area contributed by atoms with Gasteiger partial charge in [-0.2, -0.15) is 0 Å². The van der Waals surface area contributed by atoms with Crippen molar-refractivity contribution < 1.29 is 24.2 Å². The van der Waals surface area contributed by atoms with Gasteiger partial charge in [0.15, 0.2) is 0 Å². The lowest BCUT2D eigenvalue weighted by atomic mass is 9.83. The highest BCUT2D eigenvalue weighted by Crippen LogP contribution is 2.41. The van der Waals surface area contributed by atoms with Crippen molar-refractivity contribution in [1.82, 2.24) is 14.7 Å². The van der Waals surface area contributed by atoms with Gasteiger partial charge in [-0.1, -0.05) is 25.5 Å². The Labute approximate surface area is 219 Å². The third kappa shape index (κ3) is 6.44. The molecule has 2 fully saturated rings. The molecule has 0 radical (unpaired) electrons. The highest BCUT2D eigenvalue weighted by atomic mass is 16.5. The van der Waals surface area contributed by atoms with E-state index in [9.17, 15) is 19.5 Å². The summed E-state index contributed by atoms with van der Waals surface area (Å²) in [5, 5.41) is 10.4. The molecule has 4 rings (SSSR count). The van der Waals surface area contributed by atoms with Crippen LogP contribution in [0, 0.1) is 5.92 Å². The zero-order chi connectivity index (χ0) is 26.4. The van der Waals surface area contributed by atoms with Crippen LogP contribution in [0.1, 0.15) is 62.5 Å². The number of fused-ring (bicyclic) bond motifs is 1. The number of nitrogens with zero attached hydrogens (tertiary/aromatic N) is 3. The van der Waals surface area contributed by atoms with Crippen LogP contribution >= 0.6 is 0 Å². The molecular formula is C28H42N4O5. The quantitative estimate of drug-likeness (QED) is 0.439. The Bertz CT molecular complexity index is 970. The first-order chi connectivity index (χ1) is 17.9. The number of unbranched alkanes of at least 4 members (excludes halogenated alkanes) is 1. The molecule has 3 atom stereocenters. The molecule has 0 saturated carbocycles. The monoisotopic (exact) mass is 514 g/mol. The summed E-state index contributed by atoms with van der Waals surface area (Å²) < 4.78 is 5.66. The van der Waals surface area contributed by atoms with Gasteiger partial charge in [0, 0.05) is 64.1 Å². The van der Waals surface area contributed by atoms with Crippen molar-refractivity contribution in [2.45, 2.75) is 63.8 Å². The molecule has 1 aromatic rings. The fourth-order valence-corrected chi connectivity index (χ4v) is 6.15. The number of hydrogen-bond acceptors (Lipinski definition) is 6. The molecule has 2 amide bonds. The summed E-state index contributed by atoms with van der Waals surface area (Å²) in [6.07, 6.45) is 5.69. The lowest BCUT2D eigenvalue weighted by Crippen LogP contribution is -2.47. The first-order valence-corrected chi connectivity index (χ1v) is 13.9. The minimum Gasteiger partial charge on any atom is -0.493 e. The third-order valence-electron chi connectivity index (χ3n) is 8.16. The van der Waals surface area contributed by atoms with Crippen molar-refractivity contribution in [2.24, 2.45) is 11.7 Å². The Morgan fingerprint density at radius 1 is 1.22 bits per heavy atom. The van der Waals surface area contributed by atoms with E-state index in [0.29, 0.717) is 52.2 Å². The number of nitrogens with two attached hydrogens (primary N) is 1. The Morgan fingerprint density at radius 2 is 2.05 bits per heavy atom. The summed E-state index contributed by atoms with van der Waals surface area (Å²) in [7, 11) is 0. The van der Waals surface area contributed by atoms with Crippen molar-refractivity contribution >= 4 is 17.8 Å². The highest BCUT2D eigenvalue weighted by Gasteiger charge is 2.47. The smallest absolute Gasteiger partial charge is 0.308 e. The summed E-state index contributed by atoms with van der Waals surface area (Å²) in [6, 6.07) is 5.67. The average Bonchev–Trinajstić information content (AvgIpc) is 3.50. The van der Waals surface area contributed by atoms with Crippen LogP contribution in [0.3, 0.4) is 0 Å². The first-order valence-electron chi connectivity index (χ1n) is 13.9. The summed E-state index contributed by atoms with van der Waals surface area (Å²) in [5.41, 5.74) is 7.88. The number of likely N-dealkylation sites (tertiary alicyclic amines) is 2. The van der Waals surface area contributed by atoms with E-state index in [-0.39, 0.29) is 30.3 Å². The fraction of sp³-hybridized carbons (Fsp3) is 0.679. The Balaban J connectivity index is 1.57. The van der Waals surface area contributed by atoms with Crippen molar-refractivity contribution in [1.29, 1.82) is 0 Å². The number of carboxylic acid groups (broad SMARTS) is 1.